The van der Waals surface area contributed by atoms with Crippen LogP contribution in [0.2, 0.25) is 5.02 Å². The smallest absolute Gasteiger partial charge is 0.293 e. The maximum atomic E-state index is 12.8. The molecule has 3 rings (SSSR count). The lowest BCUT2D eigenvalue weighted by atomic mass is 10.1. The zero-order valence-electron chi connectivity index (χ0n) is 16.6. The lowest BCUT2D eigenvalue weighted by Crippen LogP contribution is -2.27. The van der Waals surface area contributed by atoms with Crippen LogP contribution in [0.4, 0.5) is 4.79 Å². The molecule has 0 aliphatic carbocycles. The highest BCUT2D eigenvalue weighted by Gasteiger charge is 2.35. The molecular formula is C22H19ClN2O4S. The van der Waals surface area contributed by atoms with Crippen molar-refractivity contribution in [3.63, 3.8) is 0 Å². The van der Waals surface area contributed by atoms with Crippen LogP contribution in [0.15, 0.2) is 41.3 Å². The minimum Gasteiger partial charge on any atom is -0.493 e. The van der Waals surface area contributed by atoms with Gasteiger partial charge < -0.3 is 9.47 Å². The van der Waals surface area contributed by atoms with Crippen molar-refractivity contribution in [1.29, 1.82) is 5.26 Å². The van der Waals surface area contributed by atoms with Gasteiger partial charge in [0.1, 0.15) is 0 Å². The van der Waals surface area contributed by atoms with E-state index in [0.717, 1.165) is 16.7 Å². The molecule has 6 nitrogen and oxygen atoms in total. The Morgan fingerprint density at radius 3 is 2.67 bits per heavy atom. The Morgan fingerprint density at radius 1 is 1.27 bits per heavy atom. The number of nitrogens with zero attached hydrogens (tertiary/aromatic N) is 2. The van der Waals surface area contributed by atoms with Crippen molar-refractivity contribution in [3.8, 4) is 17.6 Å². The van der Waals surface area contributed by atoms with Gasteiger partial charge in [0.2, 0.25) is 0 Å². The van der Waals surface area contributed by atoms with E-state index in [9.17, 15) is 14.9 Å². The maximum Gasteiger partial charge on any atom is 0.293 e. The third kappa shape index (κ3) is 4.61. The first kappa shape index (κ1) is 21.8. The number of carbonyl (C=O) groups excluding carboxylic acids is 2. The van der Waals surface area contributed by atoms with Gasteiger partial charge in [-0.05, 0) is 61.0 Å². The normalized spacial score (nSPS) is 15.1. The van der Waals surface area contributed by atoms with E-state index in [1.807, 2.05) is 13.8 Å². The van der Waals surface area contributed by atoms with Gasteiger partial charge in [0, 0.05) is 0 Å². The first-order chi connectivity index (χ1) is 14.3. The summed E-state index contributed by atoms with van der Waals surface area (Å²) in [6.07, 6.45) is 1.50. The minimum absolute atomic E-state index is 0.0387. The summed E-state index contributed by atoms with van der Waals surface area (Å²) in [6, 6.07) is 12.3. The number of ether oxygens (including phenoxy) is 2. The highest BCUT2D eigenvalue weighted by atomic mass is 35.5. The quantitative estimate of drug-likeness (QED) is 0.569. The molecule has 0 saturated carbocycles. The average Bonchev–Trinajstić information content (AvgIpc) is 2.97. The van der Waals surface area contributed by atoms with Crippen LogP contribution in [-0.2, 0) is 11.3 Å². The Kier molecular flexibility index (Phi) is 6.70. The van der Waals surface area contributed by atoms with E-state index in [0.29, 0.717) is 33.2 Å². The lowest BCUT2D eigenvalue weighted by Gasteiger charge is -2.15. The second-order valence-corrected chi connectivity index (χ2v) is 8.14. The molecule has 1 heterocycles. The second-order valence-electron chi connectivity index (χ2n) is 6.74. The molecule has 0 radical (unpaired) electrons. The van der Waals surface area contributed by atoms with E-state index in [1.54, 1.807) is 42.5 Å². The molecule has 8 heteroatoms. The Bertz CT molecular complexity index is 1080. The van der Waals surface area contributed by atoms with Crippen molar-refractivity contribution in [3.05, 3.63) is 63.0 Å². The molecule has 1 fully saturated rings. The van der Waals surface area contributed by atoms with E-state index in [-0.39, 0.29) is 17.6 Å². The minimum atomic E-state index is -0.421. The monoisotopic (exact) mass is 442 g/mol. The first-order valence-electron chi connectivity index (χ1n) is 9.11. The number of halogens is 1. The molecule has 0 aromatic heterocycles. The molecule has 2 amide bonds. The van der Waals surface area contributed by atoms with Gasteiger partial charge in [-0.1, -0.05) is 29.8 Å². The van der Waals surface area contributed by atoms with Gasteiger partial charge in [0.25, 0.3) is 11.1 Å². The predicted octanol–water partition coefficient (Wildman–Crippen LogP) is 5.24. The molecule has 0 spiro atoms. The zero-order valence-corrected chi connectivity index (χ0v) is 18.2. The van der Waals surface area contributed by atoms with Gasteiger partial charge in [-0.15, -0.1) is 0 Å². The van der Waals surface area contributed by atoms with Crippen LogP contribution in [0.5, 0.6) is 11.5 Å². The highest BCUT2D eigenvalue weighted by Crippen LogP contribution is 2.39. The van der Waals surface area contributed by atoms with Gasteiger partial charge in [-0.3, -0.25) is 14.5 Å². The molecule has 1 saturated heterocycles. The van der Waals surface area contributed by atoms with Crippen LogP contribution in [0.1, 0.15) is 30.5 Å². The summed E-state index contributed by atoms with van der Waals surface area (Å²) in [5.74, 6) is 0.437. The van der Waals surface area contributed by atoms with E-state index < -0.39 is 11.1 Å². The van der Waals surface area contributed by atoms with Crippen LogP contribution in [-0.4, -0.2) is 29.3 Å². The standard InChI is InChI=1S/C22H19ClN2O4S/c1-13(2)29-20-17(23)8-14(9-18(20)28-3)10-19-21(26)25(22(27)30-19)12-16-7-5-4-6-15(16)11-24/h4-10,13H,12H2,1-3H3/b19-10+. The van der Waals surface area contributed by atoms with Gasteiger partial charge in [0.05, 0.1) is 41.3 Å². The number of imide groups is 1. The number of benzene rings is 2. The van der Waals surface area contributed by atoms with Crippen molar-refractivity contribution in [2.45, 2.75) is 26.5 Å². The predicted molar refractivity (Wildman–Crippen MR) is 116 cm³/mol. The molecule has 1 aliphatic heterocycles. The van der Waals surface area contributed by atoms with Gasteiger partial charge in [0.15, 0.2) is 11.5 Å². The molecule has 1 aliphatic rings. The number of hydrogen-bond donors (Lipinski definition) is 0. The molecule has 154 valence electrons. The Balaban J connectivity index is 1.88. The fourth-order valence-corrected chi connectivity index (χ4v) is 4.00. The summed E-state index contributed by atoms with van der Waals surface area (Å²) in [6.45, 7) is 3.80. The molecule has 0 bridgehead atoms. The largest absolute Gasteiger partial charge is 0.493 e. The number of amides is 2. The van der Waals surface area contributed by atoms with E-state index in [2.05, 4.69) is 6.07 Å². The molecule has 30 heavy (non-hydrogen) atoms. The molecule has 0 N–H and O–H groups in total. The number of rotatable bonds is 6. The summed E-state index contributed by atoms with van der Waals surface area (Å²) in [5, 5.41) is 9.19. The maximum absolute atomic E-state index is 12.8. The van der Waals surface area contributed by atoms with Crippen LogP contribution in [0.3, 0.4) is 0 Å². The SMILES string of the molecule is COc1cc(/C=C2/SC(=O)N(Cc3ccccc3C#N)C2=O)cc(Cl)c1OC(C)C. The second kappa shape index (κ2) is 9.24. The van der Waals surface area contributed by atoms with E-state index >= 15 is 0 Å². The molecular weight excluding hydrogens is 424 g/mol. The van der Waals surface area contributed by atoms with Crippen molar-refractivity contribution >= 4 is 40.6 Å². The Labute approximate surface area is 184 Å². The van der Waals surface area contributed by atoms with Crippen molar-refractivity contribution in [2.24, 2.45) is 0 Å². The van der Waals surface area contributed by atoms with E-state index in [4.69, 9.17) is 21.1 Å². The fourth-order valence-electron chi connectivity index (χ4n) is 2.90. The zero-order chi connectivity index (χ0) is 21.8. The number of thioether (sulfide) groups is 1. The molecule has 0 unspecified atom stereocenters. The van der Waals surface area contributed by atoms with Crippen LogP contribution < -0.4 is 9.47 Å². The molecule has 2 aromatic carbocycles. The van der Waals surface area contributed by atoms with Crippen molar-refractivity contribution in [1.82, 2.24) is 4.90 Å². The average molecular weight is 443 g/mol. The lowest BCUT2D eigenvalue weighted by molar-refractivity contribution is -0.123. The summed E-state index contributed by atoms with van der Waals surface area (Å²) in [7, 11) is 1.50. The number of methoxy groups -OCH3 is 1. The van der Waals surface area contributed by atoms with Crippen LogP contribution in [0.25, 0.3) is 6.08 Å². The van der Waals surface area contributed by atoms with E-state index in [1.165, 1.54) is 7.11 Å². The van der Waals surface area contributed by atoms with Gasteiger partial charge >= 0.3 is 0 Å². The number of hydrogen-bond acceptors (Lipinski definition) is 6. The number of nitriles is 1. The topological polar surface area (TPSA) is 79.6 Å². The summed E-state index contributed by atoms with van der Waals surface area (Å²) < 4.78 is 11.1. The van der Waals surface area contributed by atoms with Gasteiger partial charge in [-0.25, -0.2) is 0 Å². The Morgan fingerprint density at radius 2 is 2.00 bits per heavy atom. The number of carbonyl (C=O) groups is 2. The van der Waals surface area contributed by atoms with Crippen molar-refractivity contribution in [2.75, 3.05) is 7.11 Å². The summed E-state index contributed by atoms with van der Waals surface area (Å²) in [5.41, 5.74) is 1.65. The fraction of sp³-hybridized carbons (Fsp3) is 0.227. The van der Waals surface area contributed by atoms with Gasteiger partial charge in [-0.2, -0.15) is 5.26 Å². The summed E-state index contributed by atoms with van der Waals surface area (Å²) in [4.78, 5) is 26.6. The van der Waals surface area contributed by atoms with Crippen LogP contribution in [0, 0.1) is 11.3 Å². The molecule has 0 atom stereocenters. The highest BCUT2D eigenvalue weighted by molar-refractivity contribution is 8.18. The van der Waals surface area contributed by atoms with Crippen molar-refractivity contribution < 1.29 is 19.1 Å². The summed E-state index contributed by atoms with van der Waals surface area (Å²) >= 11 is 7.19. The third-order valence-corrected chi connectivity index (χ3v) is 5.43. The third-order valence-electron chi connectivity index (χ3n) is 4.24. The first-order valence-corrected chi connectivity index (χ1v) is 10.3. The Hall–Kier alpha value is -2.95. The molecule has 2 aromatic rings. The van der Waals surface area contributed by atoms with Crippen LogP contribution >= 0.6 is 23.4 Å².